The first kappa shape index (κ1) is 15.3. The minimum Gasteiger partial charge on any atom is -0.353 e. The molecule has 1 fully saturated rings. The molecule has 0 bridgehead atoms. The van der Waals surface area contributed by atoms with Crippen molar-refractivity contribution in [2.45, 2.75) is 56.6 Å². The van der Waals surface area contributed by atoms with Crippen LogP contribution in [0.3, 0.4) is 0 Å². The summed E-state index contributed by atoms with van der Waals surface area (Å²) < 4.78 is 1.65. The molecule has 112 valence electrons. The highest BCUT2D eigenvalue weighted by atomic mass is 32.2. The van der Waals surface area contributed by atoms with Crippen molar-refractivity contribution < 1.29 is 4.79 Å². The van der Waals surface area contributed by atoms with Gasteiger partial charge in [-0.25, -0.2) is 4.68 Å². The summed E-state index contributed by atoms with van der Waals surface area (Å²) in [6, 6.07) is 0.397. The second-order valence-electron chi connectivity index (χ2n) is 5.56. The normalized spacial score (nSPS) is 22.7. The molecule has 0 aliphatic heterocycles. The standard InChI is InChI=1S/C13H23N5OS/c1-10-5-7-11(8-6-10)14-12(19)4-3-9-20-13-15-16-17-18(13)2/h10-11H,3-9H2,1-2H3,(H,14,19). The Morgan fingerprint density at radius 2 is 2.15 bits per heavy atom. The van der Waals surface area contributed by atoms with Gasteiger partial charge in [-0.15, -0.1) is 5.10 Å². The number of tetrazole rings is 1. The van der Waals surface area contributed by atoms with E-state index in [1.165, 1.54) is 12.8 Å². The summed E-state index contributed by atoms with van der Waals surface area (Å²) in [5, 5.41) is 15.2. The molecule has 0 aromatic carbocycles. The van der Waals surface area contributed by atoms with E-state index in [-0.39, 0.29) is 5.91 Å². The van der Waals surface area contributed by atoms with Crippen molar-refractivity contribution in [1.82, 2.24) is 25.5 Å². The molecule has 1 aromatic rings. The summed E-state index contributed by atoms with van der Waals surface area (Å²) in [4.78, 5) is 11.9. The third kappa shape index (κ3) is 4.77. The first-order chi connectivity index (χ1) is 9.65. The quantitative estimate of drug-likeness (QED) is 0.640. The zero-order valence-electron chi connectivity index (χ0n) is 12.2. The number of carbonyl (C=O) groups is 1. The largest absolute Gasteiger partial charge is 0.353 e. The number of nitrogens with zero attached hydrogens (tertiary/aromatic N) is 4. The predicted octanol–water partition coefficient (Wildman–Crippen LogP) is 1.78. The van der Waals surface area contributed by atoms with Crippen LogP contribution in [0.25, 0.3) is 0 Å². The fourth-order valence-electron chi connectivity index (χ4n) is 2.44. The molecule has 0 radical (unpaired) electrons. The lowest BCUT2D eigenvalue weighted by atomic mass is 9.87. The lowest BCUT2D eigenvalue weighted by molar-refractivity contribution is -0.122. The van der Waals surface area contributed by atoms with Gasteiger partial charge in [-0.2, -0.15) is 0 Å². The number of nitrogens with one attached hydrogen (secondary N) is 1. The Kier molecular flexibility index (Phi) is 5.82. The Bertz CT molecular complexity index is 428. The zero-order chi connectivity index (χ0) is 14.4. The number of amides is 1. The second-order valence-corrected chi connectivity index (χ2v) is 6.62. The van der Waals surface area contributed by atoms with Gasteiger partial charge in [0.1, 0.15) is 0 Å². The van der Waals surface area contributed by atoms with Crippen LogP contribution in [-0.4, -0.2) is 37.9 Å². The van der Waals surface area contributed by atoms with Crippen LogP contribution in [0, 0.1) is 5.92 Å². The molecule has 1 N–H and O–H groups in total. The molecule has 1 aliphatic carbocycles. The lowest BCUT2D eigenvalue weighted by Gasteiger charge is -2.26. The molecule has 20 heavy (non-hydrogen) atoms. The van der Waals surface area contributed by atoms with E-state index in [9.17, 15) is 4.79 Å². The van der Waals surface area contributed by atoms with Crippen LogP contribution in [0.5, 0.6) is 0 Å². The maximum Gasteiger partial charge on any atom is 0.220 e. The molecule has 7 heteroatoms. The zero-order valence-corrected chi connectivity index (χ0v) is 13.0. The van der Waals surface area contributed by atoms with Gasteiger partial charge in [0.05, 0.1) is 0 Å². The highest BCUT2D eigenvalue weighted by molar-refractivity contribution is 7.99. The minimum atomic E-state index is 0.182. The van der Waals surface area contributed by atoms with E-state index < -0.39 is 0 Å². The van der Waals surface area contributed by atoms with Crippen molar-refractivity contribution in [3.63, 3.8) is 0 Å². The molecule has 6 nitrogen and oxygen atoms in total. The number of hydrogen-bond acceptors (Lipinski definition) is 5. The van der Waals surface area contributed by atoms with Crippen molar-refractivity contribution in [2.75, 3.05) is 5.75 Å². The Balaban J connectivity index is 1.57. The Labute approximate surface area is 124 Å². The van der Waals surface area contributed by atoms with Gasteiger partial charge < -0.3 is 5.32 Å². The van der Waals surface area contributed by atoms with Crippen LogP contribution >= 0.6 is 11.8 Å². The second kappa shape index (κ2) is 7.61. The molecular formula is C13H23N5OS. The van der Waals surface area contributed by atoms with Crippen molar-refractivity contribution in [1.29, 1.82) is 0 Å². The van der Waals surface area contributed by atoms with E-state index in [1.807, 2.05) is 7.05 Å². The Morgan fingerprint density at radius 1 is 1.40 bits per heavy atom. The van der Waals surface area contributed by atoms with Crippen molar-refractivity contribution in [3.8, 4) is 0 Å². The summed E-state index contributed by atoms with van der Waals surface area (Å²) in [7, 11) is 1.82. The molecule has 1 aliphatic rings. The highest BCUT2D eigenvalue weighted by Gasteiger charge is 2.19. The van der Waals surface area contributed by atoms with Crippen molar-refractivity contribution in [3.05, 3.63) is 0 Å². The molecule has 0 spiro atoms. The number of thioether (sulfide) groups is 1. The summed E-state index contributed by atoms with van der Waals surface area (Å²) in [6.07, 6.45) is 6.18. The average Bonchev–Trinajstić information content (AvgIpc) is 2.83. The summed E-state index contributed by atoms with van der Waals surface area (Å²) in [6.45, 7) is 2.29. The van der Waals surface area contributed by atoms with Crippen LogP contribution in [0.4, 0.5) is 0 Å². The van der Waals surface area contributed by atoms with Crippen LogP contribution in [0.2, 0.25) is 0 Å². The summed E-state index contributed by atoms with van der Waals surface area (Å²) in [5.41, 5.74) is 0. The Morgan fingerprint density at radius 3 is 2.80 bits per heavy atom. The van der Waals surface area contributed by atoms with Crippen LogP contribution in [0.1, 0.15) is 45.4 Å². The van der Waals surface area contributed by atoms with Gasteiger partial charge >= 0.3 is 0 Å². The Hall–Kier alpha value is -1.11. The number of carbonyl (C=O) groups excluding carboxylic acids is 1. The summed E-state index contributed by atoms with van der Waals surface area (Å²) >= 11 is 1.59. The first-order valence-electron chi connectivity index (χ1n) is 7.29. The highest BCUT2D eigenvalue weighted by Crippen LogP contribution is 2.23. The fourth-order valence-corrected chi connectivity index (χ4v) is 3.23. The SMILES string of the molecule is CC1CCC(NC(=O)CCCSc2nnnn2C)CC1. The molecule has 1 amide bonds. The molecule has 2 rings (SSSR count). The monoisotopic (exact) mass is 297 g/mol. The van der Waals surface area contributed by atoms with Crippen LogP contribution in [-0.2, 0) is 11.8 Å². The van der Waals surface area contributed by atoms with E-state index in [0.717, 1.165) is 36.1 Å². The molecule has 0 unspecified atom stereocenters. The average molecular weight is 297 g/mol. The maximum absolute atomic E-state index is 11.9. The van der Waals surface area contributed by atoms with Crippen molar-refractivity contribution >= 4 is 17.7 Å². The topological polar surface area (TPSA) is 72.7 Å². The number of aromatic nitrogens is 4. The van der Waals surface area contributed by atoms with Gasteiger partial charge in [0.15, 0.2) is 0 Å². The third-order valence-corrected chi connectivity index (χ3v) is 4.84. The van der Waals surface area contributed by atoms with E-state index in [1.54, 1.807) is 16.4 Å². The summed E-state index contributed by atoms with van der Waals surface area (Å²) in [5.74, 6) is 1.87. The van der Waals surface area contributed by atoms with E-state index in [2.05, 4.69) is 27.8 Å². The van der Waals surface area contributed by atoms with Gasteiger partial charge in [-0.05, 0) is 48.4 Å². The minimum absolute atomic E-state index is 0.182. The fraction of sp³-hybridized carbons (Fsp3) is 0.846. The first-order valence-corrected chi connectivity index (χ1v) is 8.28. The van der Waals surface area contributed by atoms with E-state index >= 15 is 0 Å². The smallest absolute Gasteiger partial charge is 0.220 e. The van der Waals surface area contributed by atoms with Crippen LogP contribution in [0.15, 0.2) is 5.16 Å². The van der Waals surface area contributed by atoms with Gasteiger partial charge in [-0.3, -0.25) is 4.79 Å². The van der Waals surface area contributed by atoms with Gasteiger partial charge in [0, 0.05) is 25.3 Å². The number of hydrogen-bond donors (Lipinski definition) is 1. The molecule has 0 saturated heterocycles. The predicted molar refractivity (Wildman–Crippen MR) is 78.3 cm³/mol. The van der Waals surface area contributed by atoms with E-state index in [0.29, 0.717) is 12.5 Å². The molecular weight excluding hydrogens is 274 g/mol. The van der Waals surface area contributed by atoms with Gasteiger partial charge in [-0.1, -0.05) is 18.7 Å². The van der Waals surface area contributed by atoms with Crippen molar-refractivity contribution in [2.24, 2.45) is 13.0 Å². The van der Waals surface area contributed by atoms with E-state index in [4.69, 9.17) is 0 Å². The number of aryl methyl sites for hydroxylation is 1. The molecule has 1 aromatic heterocycles. The maximum atomic E-state index is 11.9. The van der Waals surface area contributed by atoms with Crippen LogP contribution < -0.4 is 5.32 Å². The number of rotatable bonds is 6. The van der Waals surface area contributed by atoms with Gasteiger partial charge in [0.25, 0.3) is 0 Å². The molecule has 1 heterocycles. The van der Waals surface area contributed by atoms with Gasteiger partial charge in [0.2, 0.25) is 11.1 Å². The third-order valence-electron chi connectivity index (χ3n) is 3.74. The molecule has 1 saturated carbocycles. The molecule has 0 atom stereocenters. The lowest BCUT2D eigenvalue weighted by Crippen LogP contribution is -2.37.